The second-order valence-corrected chi connectivity index (χ2v) is 8.81. The van der Waals surface area contributed by atoms with Crippen LogP contribution in [0, 0.1) is 11.8 Å². The predicted octanol–water partition coefficient (Wildman–Crippen LogP) is 3.20. The number of esters is 1. The van der Waals surface area contributed by atoms with E-state index < -0.39 is 12.1 Å². The van der Waals surface area contributed by atoms with E-state index in [1.54, 1.807) is 14.0 Å². The highest BCUT2D eigenvalue weighted by Crippen LogP contribution is 2.59. The number of carbonyl (C=O) groups is 1. The van der Waals surface area contributed by atoms with Crippen LogP contribution in [0.25, 0.3) is 0 Å². The van der Waals surface area contributed by atoms with Crippen LogP contribution in [0.3, 0.4) is 0 Å². The number of nitrogens with zero attached hydrogens (tertiary/aromatic N) is 1. The van der Waals surface area contributed by atoms with Crippen molar-refractivity contribution in [1.82, 2.24) is 4.90 Å². The summed E-state index contributed by atoms with van der Waals surface area (Å²) in [6.07, 6.45) is 3.51. The summed E-state index contributed by atoms with van der Waals surface area (Å²) in [4.78, 5) is 15.1. The van der Waals surface area contributed by atoms with Crippen LogP contribution < -0.4 is 9.47 Å². The Morgan fingerprint density at radius 2 is 2.21 bits per heavy atom. The number of carbonyl (C=O) groups excluding carboxylic acids is 1. The molecule has 1 spiro atoms. The molecule has 1 saturated heterocycles. The minimum atomic E-state index is -0.560. The molecular formula is C23H29NO5. The second-order valence-electron chi connectivity index (χ2n) is 8.81. The van der Waals surface area contributed by atoms with Crippen LogP contribution in [-0.4, -0.2) is 55.4 Å². The molecule has 0 bridgehead atoms. The zero-order valence-electron chi connectivity index (χ0n) is 17.1. The summed E-state index contributed by atoms with van der Waals surface area (Å²) in [7, 11) is 1.63. The Balaban J connectivity index is 1.58. The van der Waals surface area contributed by atoms with Gasteiger partial charge in [0.15, 0.2) is 17.6 Å². The number of fused-ring (bicyclic) bond motifs is 1. The summed E-state index contributed by atoms with van der Waals surface area (Å²) in [6, 6.07) is 5.98. The highest BCUT2D eigenvalue weighted by atomic mass is 16.5. The first-order valence-electron chi connectivity index (χ1n) is 10.7. The first kappa shape index (κ1) is 18.8. The highest BCUT2D eigenvalue weighted by molar-refractivity contribution is 5.90. The molecule has 29 heavy (non-hydrogen) atoms. The van der Waals surface area contributed by atoms with Gasteiger partial charge in [-0.3, -0.25) is 0 Å². The summed E-state index contributed by atoms with van der Waals surface area (Å²) in [6.45, 7) is 5.09. The first-order valence-corrected chi connectivity index (χ1v) is 10.7. The van der Waals surface area contributed by atoms with Crippen molar-refractivity contribution in [3.63, 3.8) is 0 Å². The minimum absolute atomic E-state index is 0.0357. The van der Waals surface area contributed by atoms with E-state index in [9.17, 15) is 9.90 Å². The molecule has 6 nitrogen and oxygen atoms in total. The van der Waals surface area contributed by atoms with Gasteiger partial charge in [-0.1, -0.05) is 12.1 Å². The maximum Gasteiger partial charge on any atom is 0.337 e. The molecule has 0 unspecified atom stereocenters. The topological polar surface area (TPSA) is 68.2 Å². The van der Waals surface area contributed by atoms with Gasteiger partial charge in [0, 0.05) is 24.1 Å². The van der Waals surface area contributed by atoms with Gasteiger partial charge in [0.25, 0.3) is 0 Å². The van der Waals surface area contributed by atoms with Crippen molar-refractivity contribution < 1.29 is 24.1 Å². The smallest absolute Gasteiger partial charge is 0.337 e. The van der Waals surface area contributed by atoms with Gasteiger partial charge >= 0.3 is 5.97 Å². The number of benzene rings is 1. The Morgan fingerprint density at radius 3 is 2.93 bits per heavy atom. The van der Waals surface area contributed by atoms with Gasteiger partial charge in [-0.15, -0.1) is 0 Å². The van der Waals surface area contributed by atoms with Crippen LogP contribution in [-0.2, 0) is 14.9 Å². The third kappa shape index (κ3) is 2.83. The van der Waals surface area contributed by atoms with E-state index in [1.165, 1.54) is 12.8 Å². The molecule has 0 radical (unpaired) electrons. The number of likely N-dealkylation sites (tertiary alicyclic amines) is 1. The maximum atomic E-state index is 12.6. The quantitative estimate of drug-likeness (QED) is 0.767. The van der Waals surface area contributed by atoms with Crippen molar-refractivity contribution in [2.45, 2.75) is 44.1 Å². The highest BCUT2D eigenvalue weighted by Gasteiger charge is 2.61. The lowest BCUT2D eigenvalue weighted by Gasteiger charge is -2.50. The zero-order chi connectivity index (χ0) is 20.2. The molecule has 2 aliphatic heterocycles. The molecule has 0 aromatic heterocycles. The first-order chi connectivity index (χ1) is 14.1. The van der Waals surface area contributed by atoms with E-state index in [1.807, 2.05) is 12.1 Å². The van der Waals surface area contributed by atoms with Crippen LogP contribution in [0.5, 0.6) is 11.5 Å². The number of para-hydroxylation sites is 1. The standard InChI is InChI=1S/C23H29NO5/c1-3-28-22(26)16-11-15-13-24(12-14-7-8-14)10-9-23(15)17-5-4-6-18(27-2)20(17)29-21(23)19(16)25/h4-6,14-15,21,25H,3,7-13H2,1-2H3/t15-,21-,23-/m0/s1. The Morgan fingerprint density at radius 1 is 1.38 bits per heavy atom. The Labute approximate surface area is 171 Å². The molecular weight excluding hydrogens is 370 g/mol. The van der Waals surface area contributed by atoms with E-state index >= 15 is 0 Å². The van der Waals surface area contributed by atoms with Crippen molar-refractivity contribution in [2.75, 3.05) is 33.4 Å². The predicted molar refractivity (Wildman–Crippen MR) is 107 cm³/mol. The molecule has 1 aromatic carbocycles. The van der Waals surface area contributed by atoms with Gasteiger partial charge in [0.2, 0.25) is 0 Å². The van der Waals surface area contributed by atoms with Crippen LogP contribution in [0.1, 0.15) is 38.2 Å². The third-order valence-electron chi connectivity index (χ3n) is 7.20. The third-order valence-corrected chi connectivity index (χ3v) is 7.20. The Hall–Kier alpha value is -2.21. The van der Waals surface area contributed by atoms with E-state index in [0.717, 1.165) is 37.5 Å². The SMILES string of the molecule is CCOC(=O)C1=C(O)[C@@H]2Oc3c(OC)cccc3[C@@]23CCN(CC2CC2)C[C@@H]3C1. The molecule has 2 fully saturated rings. The zero-order valence-corrected chi connectivity index (χ0v) is 17.1. The molecule has 5 rings (SSSR count). The number of rotatable bonds is 5. The second kappa shape index (κ2) is 6.94. The molecule has 3 atom stereocenters. The number of methoxy groups -OCH3 is 1. The number of piperidine rings is 1. The summed E-state index contributed by atoms with van der Waals surface area (Å²) in [5.74, 6) is 2.00. The molecule has 1 aromatic rings. The normalized spacial score (nSPS) is 30.8. The fraction of sp³-hybridized carbons (Fsp3) is 0.609. The fourth-order valence-electron chi connectivity index (χ4n) is 5.63. The van der Waals surface area contributed by atoms with Gasteiger partial charge in [0.05, 0.1) is 19.3 Å². The molecule has 2 aliphatic carbocycles. The van der Waals surface area contributed by atoms with E-state index in [-0.39, 0.29) is 17.1 Å². The number of hydrogen-bond acceptors (Lipinski definition) is 6. The molecule has 4 aliphatic rings. The summed E-state index contributed by atoms with van der Waals surface area (Å²) >= 11 is 0. The average molecular weight is 399 g/mol. The summed E-state index contributed by atoms with van der Waals surface area (Å²) in [5, 5.41) is 11.1. The molecule has 1 N–H and O–H groups in total. The van der Waals surface area contributed by atoms with Crippen molar-refractivity contribution in [2.24, 2.45) is 11.8 Å². The monoisotopic (exact) mass is 399 g/mol. The lowest BCUT2D eigenvalue weighted by atomic mass is 9.58. The molecule has 2 heterocycles. The van der Waals surface area contributed by atoms with Crippen LogP contribution in [0.15, 0.2) is 29.5 Å². The van der Waals surface area contributed by atoms with Gasteiger partial charge < -0.3 is 24.2 Å². The number of aliphatic hydroxyl groups is 1. The van der Waals surface area contributed by atoms with Gasteiger partial charge in [0.1, 0.15) is 5.76 Å². The van der Waals surface area contributed by atoms with Gasteiger partial charge in [-0.25, -0.2) is 4.79 Å². The maximum absolute atomic E-state index is 12.6. The number of hydrogen-bond donors (Lipinski definition) is 1. The Kier molecular flexibility index (Phi) is 4.50. The lowest BCUT2D eigenvalue weighted by molar-refractivity contribution is -0.140. The van der Waals surface area contributed by atoms with Crippen molar-refractivity contribution in [3.8, 4) is 11.5 Å². The minimum Gasteiger partial charge on any atom is -0.508 e. The average Bonchev–Trinajstić information content (AvgIpc) is 3.47. The van der Waals surface area contributed by atoms with Crippen LogP contribution in [0.2, 0.25) is 0 Å². The molecule has 6 heteroatoms. The van der Waals surface area contributed by atoms with Crippen LogP contribution >= 0.6 is 0 Å². The lowest BCUT2D eigenvalue weighted by Crippen LogP contribution is -2.58. The number of ether oxygens (including phenoxy) is 3. The van der Waals surface area contributed by atoms with E-state index in [4.69, 9.17) is 14.2 Å². The molecule has 156 valence electrons. The van der Waals surface area contributed by atoms with Crippen LogP contribution in [0.4, 0.5) is 0 Å². The fourth-order valence-corrected chi connectivity index (χ4v) is 5.63. The largest absolute Gasteiger partial charge is 0.508 e. The Bertz CT molecular complexity index is 861. The van der Waals surface area contributed by atoms with E-state index in [0.29, 0.717) is 30.1 Å². The number of aliphatic hydroxyl groups excluding tert-OH is 1. The van der Waals surface area contributed by atoms with Gasteiger partial charge in [-0.2, -0.15) is 0 Å². The van der Waals surface area contributed by atoms with E-state index in [2.05, 4.69) is 11.0 Å². The summed E-state index contributed by atoms with van der Waals surface area (Å²) in [5.41, 5.74) is 1.15. The summed E-state index contributed by atoms with van der Waals surface area (Å²) < 4.78 is 17.1. The molecule has 1 saturated carbocycles. The van der Waals surface area contributed by atoms with Crippen molar-refractivity contribution in [1.29, 1.82) is 0 Å². The molecule has 0 amide bonds. The van der Waals surface area contributed by atoms with Crippen molar-refractivity contribution in [3.05, 3.63) is 35.1 Å². The van der Waals surface area contributed by atoms with Gasteiger partial charge in [-0.05, 0) is 57.1 Å². The van der Waals surface area contributed by atoms with Crippen molar-refractivity contribution >= 4 is 5.97 Å².